The van der Waals surface area contributed by atoms with Crippen LogP contribution in [0.5, 0.6) is 0 Å². The highest BCUT2D eigenvalue weighted by Crippen LogP contribution is 2.34. The van der Waals surface area contributed by atoms with Crippen LogP contribution in [0.1, 0.15) is 24.0 Å². The molecule has 1 heterocycles. The lowest BCUT2D eigenvalue weighted by molar-refractivity contribution is 0.174. The average Bonchev–Trinajstić information content (AvgIpc) is 2.63. The third-order valence-electron chi connectivity index (χ3n) is 4.08. The molecule has 1 aromatic rings. The normalized spacial score (nSPS) is 29.9. The Bertz CT molecular complexity index is 356. The molecule has 2 rings (SSSR count). The van der Waals surface area contributed by atoms with Gasteiger partial charge in [0.2, 0.25) is 0 Å². The van der Waals surface area contributed by atoms with Crippen molar-refractivity contribution in [2.45, 2.75) is 25.3 Å². The van der Waals surface area contributed by atoms with Crippen molar-refractivity contribution in [2.75, 3.05) is 27.2 Å². The van der Waals surface area contributed by atoms with Crippen LogP contribution < -0.4 is 5.32 Å². The molecule has 2 heteroatoms. The minimum absolute atomic E-state index is 0.231. The molecule has 0 aromatic heterocycles. The van der Waals surface area contributed by atoms with Crippen molar-refractivity contribution < 1.29 is 0 Å². The van der Waals surface area contributed by atoms with Crippen LogP contribution in [0.4, 0.5) is 0 Å². The van der Waals surface area contributed by atoms with Crippen molar-refractivity contribution in [1.82, 2.24) is 10.2 Å². The van der Waals surface area contributed by atoms with Crippen LogP contribution in [0.2, 0.25) is 0 Å². The van der Waals surface area contributed by atoms with Gasteiger partial charge in [0.05, 0.1) is 0 Å². The highest BCUT2D eigenvalue weighted by Gasteiger charge is 2.41. The lowest BCUT2D eigenvalue weighted by atomic mass is 9.82. The van der Waals surface area contributed by atoms with Crippen LogP contribution in [-0.4, -0.2) is 37.6 Å². The molecule has 0 amide bonds. The van der Waals surface area contributed by atoms with Gasteiger partial charge in [-0.05, 0) is 33.5 Å². The van der Waals surface area contributed by atoms with Crippen molar-refractivity contribution in [3.05, 3.63) is 35.4 Å². The number of nitrogens with one attached hydrogen (secondary N) is 1. The number of hydrogen-bond donors (Lipinski definition) is 1. The summed E-state index contributed by atoms with van der Waals surface area (Å²) in [5, 5.41) is 3.52. The topological polar surface area (TPSA) is 15.3 Å². The van der Waals surface area contributed by atoms with Gasteiger partial charge < -0.3 is 10.2 Å². The van der Waals surface area contributed by atoms with E-state index in [4.69, 9.17) is 0 Å². The van der Waals surface area contributed by atoms with E-state index in [1.165, 1.54) is 11.1 Å². The second-order valence-electron chi connectivity index (χ2n) is 5.35. The molecule has 88 valence electrons. The maximum Gasteiger partial charge on any atom is 0.0380 e. The SMILES string of the molecule is Cc1ccc(C2CNCC2(C)N(C)C)cc1. The molecule has 0 bridgehead atoms. The second-order valence-corrected chi connectivity index (χ2v) is 5.35. The Morgan fingerprint density at radius 2 is 1.88 bits per heavy atom. The van der Waals surface area contributed by atoms with E-state index in [9.17, 15) is 0 Å². The van der Waals surface area contributed by atoms with Gasteiger partial charge >= 0.3 is 0 Å². The smallest absolute Gasteiger partial charge is 0.0380 e. The Kier molecular flexibility index (Phi) is 3.04. The molecule has 16 heavy (non-hydrogen) atoms. The fourth-order valence-corrected chi connectivity index (χ4v) is 2.56. The Labute approximate surface area is 98.7 Å². The molecular formula is C14H22N2. The van der Waals surface area contributed by atoms with Gasteiger partial charge in [0, 0.05) is 24.5 Å². The number of rotatable bonds is 2. The number of hydrogen-bond acceptors (Lipinski definition) is 2. The van der Waals surface area contributed by atoms with E-state index < -0.39 is 0 Å². The molecule has 0 radical (unpaired) electrons. The molecule has 2 atom stereocenters. The first-order valence-electron chi connectivity index (χ1n) is 5.99. The van der Waals surface area contributed by atoms with E-state index >= 15 is 0 Å². The molecule has 1 fully saturated rings. The number of nitrogens with zero attached hydrogens (tertiary/aromatic N) is 1. The third kappa shape index (κ3) is 1.87. The average molecular weight is 218 g/mol. The molecule has 1 N–H and O–H groups in total. The van der Waals surface area contributed by atoms with E-state index in [0.29, 0.717) is 5.92 Å². The summed E-state index contributed by atoms with van der Waals surface area (Å²) in [7, 11) is 4.35. The molecule has 1 aliphatic heterocycles. The molecule has 0 spiro atoms. The van der Waals surface area contributed by atoms with Crippen molar-refractivity contribution in [2.24, 2.45) is 0 Å². The first kappa shape index (κ1) is 11.6. The standard InChI is InChI=1S/C14H22N2/c1-11-5-7-12(8-6-11)13-9-15-10-14(13,2)16(3)4/h5-8,13,15H,9-10H2,1-4H3. The number of likely N-dealkylation sites (N-methyl/N-ethyl adjacent to an activating group) is 1. The summed E-state index contributed by atoms with van der Waals surface area (Å²) in [5.41, 5.74) is 3.02. The Morgan fingerprint density at radius 3 is 2.44 bits per heavy atom. The van der Waals surface area contributed by atoms with Gasteiger partial charge in [0.1, 0.15) is 0 Å². The molecule has 0 aliphatic carbocycles. The van der Waals surface area contributed by atoms with E-state index in [2.05, 4.69) is 62.4 Å². The van der Waals surface area contributed by atoms with E-state index in [0.717, 1.165) is 13.1 Å². The predicted molar refractivity (Wildman–Crippen MR) is 68.9 cm³/mol. The molecule has 1 aromatic carbocycles. The van der Waals surface area contributed by atoms with Gasteiger partial charge in [0.15, 0.2) is 0 Å². The van der Waals surface area contributed by atoms with Crippen molar-refractivity contribution in [3.8, 4) is 0 Å². The largest absolute Gasteiger partial charge is 0.314 e. The zero-order valence-electron chi connectivity index (χ0n) is 10.7. The monoisotopic (exact) mass is 218 g/mol. The van der Waals surface area contributed by atoms with Gasteiger partial charge in [-0.1, -0.05) is 29.8 Å². The summed E-state index contributed by atoms with van der Waals surface area (Å²) in [6, 6.07) is 8.97. The van der Waals surface area contributed by atoms with Crippen LogP contribution in [0, 0.1) is 6.92 Å². The Balaban J connectivity index is 2.30. The zero-order valence-corrected chi connectivity index (χ0v) is 10.7. The first-order chi connectivity index (χ1) is 7.54. The van der Waals surface area contributed by atoms with Crippen LogP contribution >= 0.6 is 0 Å². The lowest BCUT2D eigenvalue weighted by Gasteiger charge is -2.37. The molecule has 0 saturated carbocycles. The minimum Gasteiger partial charge on any atom is -0.314 e. The zero-order chi connectivity index (χ0) is 11.8. The van der Waals surface area contributed by atoms with Crippen LogP contribution in [0.25, 0.3) is 0 Å². The van der Waals surface area contributed by atoms with Gasteiger partial charge in [0.25, 0.3) is 0 Å². The Morgan fingerprint density at radius 1 is 1.25 bits per heavy atom. The Hall–Kier alpha value is -0.860. The molecule has 1 saturated heterocycles. The van der Waals surface area contributed by atoms with Crippen LogP contribution in [-0.2, 0) is 0 Å². The van der Waals surface area contributed by atoms with E-state index in [1.54, 1.807) is 0 Å². The summed E-state index contributed by atoms with van der Waals surface area (Å²) in [6.07, 6.45) is 0. The fraction of sp³-hybridized carbons (Fsp3) is 0.571. The fourth-order valence-electron chi connectivity index (χ4n) is 2.56. The number of benzene rings is 1. The molecule has 1 aliphatic rings. The second kappa shape index (κ2) is 4.19. The summed E-state index contributed by atoms with van der Waals surface area (Å²) < 4.78 is 0. The number of aryl methyl sites for hydroxylation is 1. The van der Waals surface area contributed by atoms with Crippen LogP contribution in [0.15, 0.2) is 24.3 Å². The van der Waals surface area contributed by atoms with Gasteiger partial charge in [-0.2, -0.15) is 0 Å². The molecular weight excluding hydrogens is 196 g/mol. The predicted octanol–water partition coefficient (Wildman–Crippen LogP) is 2.00. The van der Waals surface area contributed by atoms with Crippen molar-refractivity contribution in [1.29, 1.82) is 0 Å². The first-order valence-corrected chi connectivity index (χ1v) is 5.99. The van der Waals surface area contributed by atoms with Gasteiger partial charge in [-0.25, -0.2) is 0 Å². The quantitative estimate of drug-likeness (QED) is 0.817. The lowest BCUT2D eigenvalue weighted by Crippen LogP contribution is -2.47. The third-order valence-corrected chi connectivity index (χ3v) is 4.08. The van der Waals surface area contributed by atoms with Gasteiger partial charge in [-0.3, -0.25) is 0 Å². The summed E-state index contributed by atoms with van der Waals surface area (Å²) in [4.78, 5) is 2.34. The highest BCUT2D eigenvalue weighted by molar-refractivity contribution is 5.29. The van der Waals surface area contributed by atoms with Crippen molar-refractivity contribution >= 4 is 0 Å². The maximum atomic E-state index is 3.52. The maximum absolute atomic E-state index is 3.52. The molecule has 2 unspecified atom stereocenters. The van der Waals surface area contributed by atoms with E-state index in [1.807, 2.05) is 0 Å². The summed E-state index contributed by atoms with van der Waals surface area (Å²) >= 11 is 0. The summed E-state index contributed by atoms with van der Waals surface area (Å²) in [6.45, 7) is 6.63. The van der Waals surface area contributed by atoms with E-state index in [-0.39, 0.29) is 5.54 Å². The van der Waals surface area contributed by atoms with Gasteiger partial charge in [-0.15, -0.1) is 0 Å². The summed E-state index contributed by atoms with van der Waals surface area (Å²) in [5.74, 6) is 0.586. The molecule has 2 nitrogen and oxygen atoms in total. The minimum atomic E-state index is 0.231. The van der Waals surface area contributed by atoms with Crippen molar-refractivity contribution in [3.63, 3.8) is 0 Å². The highest BCUT2D eigenvalue weighted by atomic mass is 15.2. The van der Waals surface area contributed by atoms with Crippen LogP contribution in [0.3, 0.4) is 0 Å².